The van der Waals surface area contributed by atoms with Gasteiger partial charge in [-0.3, -0.25) is 9.78 Å². The van der Waals surface area contributed by atoms with Crippen molar-refractivity contribution in [1.82, 2.24) is 14.5 Å². The molecule has 3 rings (SSSR count). The predicted molar refractivity (Wildman–Crippen MR) is 97.8 cm³/mol. The number of carbonyl (C=O) groups excluding carboxylic acids is 1. The summed E-state index contributed by atoms with van der Waals surface area (Å²) in [7, 11) is 0. The van der Waals surface area contributed by atoms with Gasteiger partial charge in [0.05, 0.1) is 30.1 Å². The highest BCUT2D eigenvalue weighted by molar-refractivity contribution is 5.94. The van der Waals surface area contributed by atoms with E-state index in [2.05, 4.69) is 15.3 Å². The Balaban J connectivity index is 1.90. The van der Waals surface area contributed by atoms with E-state index in [-0.39, 0.29) is 23.4 Å². The summed E-state index contributed by atoms with van der Waals surface area (Å²) in [6.45, 7) is 2.88. The van der Waals surface area contributed by atoms with Gasteiger partial charge in [0.15, 0.2) is 0 Å². The maximum Gasteiger partial charge on any atom is 0.449 e. The molecule has 0 saturated heterocycles. The van der Waals surface area contributed by atoms with Gasteiger partial charge in [-0.15, -0.1) is 0 Å². The Morgan fingerprint density at radius 2 is 2.07 bits per heavy atom. The molecule has 1 atom stereocenters. The Bertz CT molecular complexity index is 1010. The van der Waals surface area contributed by atoms with Crippen molar-refractivity contribution in [3.63, 3.8) is 0 Å². The number of aryl methyl sites for hydroxylation is 1. The normalized spacial score (nSPS) is 12.9. The van der Waals surface area contributed by atoms with Gasteiger partial charge < -0.3 is 15.0 Å². The number of alkyl halides is 3. The van der Waals surface area contributed by atoms with Gasteiger partial charge in [0.2, 0.25) is 11.7 Å². The van der Waals surface area contributed by atoms with Crippen LogP contribution in [0, 0.1) is 6.92 Å². The maximum atomic E-state index is 13.3. The molecule has 1 unspecified atom stereocenters. The fourth-order valence-corrected chi connectivity index (χ4v) is 2.96. The number of rotatable bonds is 5. The molecule has 0 radical (unpaired) electrons. The van der Waals surface area contributed by atoms with Crippen LogP contribution in [0.4, 0.5) is 18.9 Å². The lowest BCUT2D eigenvalue weighted by Gasteiger charge is -2.16. The molecule has 0 bridgehead atoms. The molecule has 148 valence electrons. The van der Waals surface area contributed by atoms with E-state index in [0.717, 1.165) is 15.7 Å². The molecule has 6 nitrogen and oxygen atoms in total. The minimum Gasteiger partial charge on any atom is -0.394 e. The summed E-state index contributed by atoms with van der Waals surface area (Å²) in [5.74, 6) is -1.40. The second-order valence-corrected chi connectivity index (χ2v) is 6.57. The lowest BCUT2D eigenvalue weighted by atomic mass is 10.1. The van der Waals surface area contributed by atoms with E-state index in [9.17, 15) is 23.1 Å². The number of hydrogen-bond acceptors (Lipinski definition) is 4. The standard InChI is InChI=1S/C19H19F3N4O2/c1-11-5-6-23-9-13(11)7-17(28)24-14-3-4-16-15(8-14)25-18(19(20,21)22)26(16)12(2)10-27/h3-6,8-9,12,27H,7,10H2,1-2H3,(H,24,28). The summed E-state index contributed by atoms with van der Waals surface area (Å²) < 4.78 is 41.0. The van der Waals surface area contributed by atoms with Gasteiger partial charge in [-0.2, -0.15) is 13.2 Å². The maximum absolute atomic E-state index is 13.3. The number of anilines is 1. The Kier molecular flexibility index (Phi) is 5.37. The van der Waals surface area contributed by atoms with Crippen molar-refractivity contribution in [2.75, 3.05) is 11.9 Å². The summed E-state index contributed by atoms with van der Waals surface area (Å²) in [5, 5.41) is 12.0. The number of aromatic nitrogens is 3. The van der Waals surface area contributed by atoms with Crippen LogP contribution in [0.1, 0.15) is 29.9 Å². The van der Waals surface area contributed by atoms with E-state index in [1.807, 2.05) is 6.92 Å². The Hall–Kier alpha value is -2.94. The summed E-state index contributed by atoms with van der Waals surface area (Å²) in [6, 6.07) is 5.35. The highest BCUT2D eigenvalue weighted by atomic mass is 19.4. The number of carbonyl (C=O) groups is 1. The van der Waals surface area contributed by atoms with Crippen molar-refractivity contribution in [2.24, 2.45) is 0 Å². The molecular formula is C19H19F3N4O2. The Labute approximate surface area is 159 Å². The third-order valence-corrected chi connectivity index (χ3v) is 4.43. The highest BCUT2D eigenvalue weighted by Gasteiger charge is 2.38. The van der Waals surface area contributed by atoms with Crippen molar-refractivity contribution < 1.29 is 23.1 Å². The second kappa shape index (κ2) is 7.59. The zero-order chi connectivity index (χ0) is 20.5. The average molecular weight is 392 g/mol. The summed E-state index contributed by atoms with van der Waals surface area (Å²) in [4.78, 5) is 19.9. The number of hydrogen-bond donors (Lipinski definition) is 2. The summed E-state index contributed by atoms with van der Waals surface area (Å²) in [5.41, 5.74) is 2.35. The molecule has 1 aromatic carbocycles. The fraction of sp³-hybridized carbons (Fsp3) is 0.316. The topological polar surface area (TPSA) is 80.0 Å². The van der Waals surface area contributed by atoms with Crippen LogP contribution < -0.4 is 5.32 Å². The highest BCUT2D eigenvalue weighted by Crippen LogP contribution is 2.34. The van der Waals surface area contributed by atoms with Crippen LogP contribution in [-0.4, -0.2) is 32.2 Å². The van der Waals surface area contributed by atoms with Gasteiger partial charge in [-0.25, -0.2) is 4.98 Å². The van der Waals surface area contributed by atoms with E-state index in [1.54, 1.807) is 18.5 Å². The molecule has 0 aliphatic rings. The van der Waals surface area contributed by atoms with E-state index in [1.165, 1.54) is 25.1 Å². The fourth-order valence-electron chi connectivity index (χ4n) is 2.96. The smallest absolute Gasteiger partial charge is 0.394 e. The van der Waals surface area contributed by atoms with Crippen LogP contribution in [0.15, 0.2) is 36.7 Å². The third kappa shape index (κ3) is 3.99. The number of halogens is 3. The second-order valence-electron chi connectivity index (χ2n) is 6.57. The SMILES string of the molecule is Cc1ccncc1CC(=O)Nc1ccc2c(c1)nc(C(F)(F)F)n2C(C)CO. The van der Waals surface area contributed by atoms with Crippen LogP contribution in [-0.2, 0) is 17.4 Å². The number of nitrogens with one attached hydrogen (secondary N) is 1. The van der Waals surface area contributed by atoms with Gasteiger partial charge in [0, 0.05) is 18.1 Å². The number of nitrogens with zero attached hydrogens (tertiary/aromatic N) is 3. The number of imidazole rings is 1. The first-order valence-corrected chi connectivity index (χ1v) is 8.60. The number of aliphatic hydroxyl groups excluding tert-OH is 1. The van der Waals surface area contributed by atoms with Gasteiger partial charge in [-0.05, 0) is 49.2 Å². The van der Waals surface area contributed by atoms with Crippen LogP contribution in [0.3, 0.4) is 0 Å². The molecule has 28 heavy (non-hydrogen) atoms. The minimum absolute atomic E-state index is 0.0861. The van der Waals surface area contributed by atoms with Crippen molar-refractivity contribution in [2.45, 2.75) is 32.5 Å². The first kappa shape index (κ1) is 19.8. The van der Waals surface area contributed by atoms with Crippen molar-refractivity contribution in [1.29, 1.82) is 0 Å². The van der Waals surface area contributed by atoms with Gasteiger partial charge in [0.1, 0.15) is 0 Å². The molecule has 0 spiro atoms. The predicted octanol–water partition coefficient (Wildman–Crippen LogP) is 3.49. The van der Waals surface area contributed by atoms with Crippen LogP contribution in [0.25, 0.3) is 11.0 Å². The van der Waals surface area contributed by atoms with Crippen molar-refractivity contribution in [3.8, 4) is 0 Å². The molecule has 2 aromatic heterocycles. The van der Waals surface area contributed by atoms with Gasteiger partial charge in [-0.1, -0.05) is 0 Å². The molecule has 0 saturated carbocycles. The van der Waals surface area contributed by atoms with Crippen LogP contribution >= 0.6 is 0 Å². The Morgan fingerprint density at radius 3 is 2.71 bits per heavy atom. The van der Waals surface area contributed by atoms with E-state index >= 15 is 0 Å². The number of aliphatic hydroxyl groups is 1. The first-order chi connectivity index (χ1) is 13.2. The van der Waals surface area contributed by atoms with Gasteiger partial charge >= 0.3 is 6.18 Å². The summed E-state index contributed by atoms with van der Waals surface area (Å²) >= 11 is 0. The number of pyridine rings is 1. The van der Waals surface area contributed by atoms with Crippen molar-refractivity contribution in [3.05, 3.63) is 53.6 Å². The molecule has 0 aliphatic carbocycles. The van der Waals surface area contributed by atoms with E-state index < -0.39 is 24.6 Å². The lowest BCUT2D eigenvalue weighted by molar-refractivity contribution is -0.147. The molecule has 9 heteroatoms. The molecule has 2 heterocycles. The number of amides is 1. The monoisotopic (exact) mass is 392 g/mol. The van der Waals surface area contributed by atoms with E-state index in [0.29, 0.717) is 5.69 Å². The van der Waals surface area contributed by atoms with Crippen molar-refractivity contribution >= 4 is 22.6 Å². The average Bonchev–Trinajstić information content (AvgIpc) is 3.02. The summed E-state index contributed by atoms with van der Waals surface area (Å²) in [6.07, 6.45) is -1.33. The molecule has 0 aliphatic heterocycles. The minimum atomic E-state index is -4.66. The van der Waals surface area contributed by atoms with Crippen LogP contribution in [0.5, 0.6) is 0 Å². The first-order valence-electron chi connectivity index (χ1n) is 8.60. The molecule has 0 fully saturated rings. The quantitative estimate of drug-likeness (QED) is 0.697. The zero-order valence-corrected chi connectivity index (χ0v) is 15.3. The largest absolute Gasteiger partial charge is 0.449 e. The lowest BCUT2D eigenvalue weighted by Crippen LogP contribution is -2.19. The van der Waals surface area contributed by atoms with Gasteiger partial charge in [0.25, 0.3) is 0 Å². The molecule has 1 amide bonds. The number of fused-ring (bicyclic) bond motifs is 1. The third-order valence-electron chi connectivity index (χ3n) is 4.43. The Morgan fingerprint density at radius 1 is 1.32 bits per heavy atom. The molecule has 2 N–H and O–H groups in total. The van der Waals surface area contributed by atoms with E-state index in [4.69, 9.17) is 0 Å². The molecular weight excluding hydrogens is 373 g/mol. The number of benzene rings is 1. The zero-order valence-electron chi connectivity index (χ0n) is 15.3. The molecule has 3 aromatic rings. The van der Waals surface area contributed by atoms with Crippen LogP contribution in [0.2, 0.25) is 0 Å².